The van der Waals surface area contributed by atoms with Gasteiger partial charge in [0.25, 0.3) is 11.8 Å². The molecule has 0 saturated carbocycles. The largest absolute Gasteiger partial charge is 0.493 e. The molecule has 0 aromatic heterocycles. The van der Waals surface area contributed by atoms with Crippen LogP contribution in [0.15, 0.2) is 77.1 Å². The standard InChI is InChI=1S/C51H64N8O11/c1-29(2)47(56-52)42(61)23-41(60)32(5)54-28-55-34-13-11-33(12-14-34)27-70-51(65)59-39-22-46(44(67-7)20-37(39)49(63)58-26-31(4)18-40(58)50(59)64)69-16-10-8-9-15-68-45-21-38-36(19-43(45)66-6)48(62)57-25-30(3)17-35(57)24-53-38/h11-14,19-22,24-26,29,32,35,40,47,50,54-56,64H,8-10,15-18,23,27-28,52H2,1-7H3/t32-,35-,40-,47-,50-/m0/s1. The average molecular weight is 965 g/mol. The molecule has 70 heavy (non-hydrogen) atoms. The summed E-state index contributed by atoms with van der Waals surface area (Å²) in [5.74, 6) is 5.87. The van der Waals surface area contributed by atoms with Gasteiger partial charge >= 0.3 is 6.09 Å². The summed E-state index contributed by atoms with van der Waals surface area (Å²) < 4.78 is 29.4. The molecule has 4 aliphatic heterocycles. The van der Waals surface area contributed by atoms with Crippen LogP contribution in [0.25, 0.3) is 0 Å². The molecule has 4 aliphatic rings. The molecule has 0 unspecified atom stereocenters. The maximum absolute atomic E-state index is 14.1. The summed E-state index contributed by atoms with van der Waals surface area (Å²) in [6.07, 6.45) is 5.89. The minimum absolute atomic E-state index is 0.0530. The third-order valence-electron chi connectivity index (χ3n) is 12.8. The van der Waals surface area contributed by atoms with E-state index in [1.54, 1.807) is 60.6 Å². The quantitative estimate of drug-likeness (QED) is 0.0251. The maximum Gasteiger partial charge on any atom is 0.416 e. The molecule has 19 heteroatoms. The summed E-state index contributed by atoms with van der Waals surface area (Å²) in [5, 5.41) is 18.1. The van der Waals surface area contributed by atoms with Crippen molar-refractivity contribution < 1.29 is 52.8 Å². The van der Waals surface area contributed by atoms with Crippen LogP contribution in [0.1, 0.15) is 99.4 Å². The second-order valence-corrected chi connectivity index (χ2v) is 18.3. The molecular formula is C51H64N8O11. The van der Waals surface area contributed by atoms with Crippen LogP contribution in [0.5, 0.6) is 23.0 Å². The minimum Gasteiger partial charge on any atom is -0.493 e. The second-order valence-electron chi connectivity index (χ2n) is 18.3. The lowest BCUT2D eigenvalue weighted by Crippen LogP contribution is -2.50. The molecule has 0 radical (unpaired) electrons. The molecule has 6 N–H and O–H groups in total. The van der Waals surface area contributed by atoms with Crippen LogP contribution in [0.4, 0.5) is 21.9 Å². The molecule has 0 fully saturated rings. The van der Waals surface area contributed by atoms with Gasteiger partial charge in [0.1, 0.15) is 6.61 Å². The first-order valence-electron chi connectivity index (χ1n) is 23.6. The Morgan fingerprint density at radius 2 is 1.44 bits per heavy atom. The van der Waals surface area contributed by atoms with Crippen molar-refractivity contribution in [1.29, 1.82) is 0 Å². The van der Waals surface area contributed by atoms with Crippen molar-refractivity contribution >= 4 is 52.8 Å². The van der Waals surface area contributed by atoms with E-state index in [1.807, 2.05) is 33.9 Å². The van der Waals surface area contributed by atoms with Gasteiger partial charge in [0.15, 0.2) is 40.8 Å². The van der Waals surface area contributed by atoms with Gasteiger partial charge in [0.2, 0.25) is 0 Å². The molecule has 0 aliphatic carbocycles. The van der Waals surface area contributed by atoms with Gasteiger partial charge in [-0.05, 0) is 88.6 Å². The Morgan fingerprint density at radius 3 is 2.10 bits per heavy atom. The fourth-order valence-corrected chi connectivity index (χ4v) is 8.87. The molecule has 4 heterocycles. The van der Waals surface area contributed by atoms with Crippen LogP contribution in [0, 0.1) is 5.92 Å². The third-order valence-corrected chi connectivity index (χ3v) is 12.8. The van der Waals surface area contributed by atoms with Crippen molar-refractivity contribution in [2.75, 3.05) is 44.3 Å². The van der Waals surface area contributed by atoms with E-state index in [0.717, 1.165) is 34.6 Å². The smallest absolute Gasteiger partial charge is 0.416 e. The monoisotopic (exact) mass is 964 g/mol. The highest BCUT2D eigenvalue weighted by atomic mass is 16.6. The second kappa shape index (κ2) is 22.7. The third kappa shape index (κ3) is 11.4. The molecule has 374 valence electrons. The topological polar surface area (TPSA) is 236 Å². The number of unbranched alkanes of at least 4 members (excludes halogenated alkanes) is 2. The molecule has 3 aromatic rings. The predicted octanol–water partition coefficient (Wildman–Crippen LogP) is 6.12. The number of fused-ring (bicyclic) bond motifs is 4. The fourth-order valence-electron chi connectivity index (χ4n) is 8.87. The zero-order valence-corrected chi connectivity index (χ0v) is 40.8. The van der Waals surface area contributed by atoms with Gasteiger partial charge in [-0.25, -0.2) is 15.1 Å². The first-order chi connectivity index (χ1) is 33.6. The lowest BCUT2D eigenvalue weighted by molar-refractivity contribution is -0.129. The average Bonchev–Trinajstić information content (AvgIpc) is 3.88. The molecule has 19 nitrogen and oxygen atoms in total. The van der Waals surface area contributed by atoms with Crippen LogP contribution in [0.2, 0.25) is 0 Å². The summed E-state index contributed by atoms with van der Waals surface area (Å²) >= 11 is 0. The summed E-state index contributed by atoms with van der Waals surface area (Å²) in [6, 6.07) is 11.5. The zero-order chi connectivity index (χ0) is 50.2. The van der Waals surface area contributed by atoms with Crippen molar-refractivity contribution in [3.8, 4) is 23.0 Å². The normalized spacial score (nSPS) is 18.9. The number of aliphatic imine (C=N–C) groups is 1. The van der Waals surface area contributed by atoms with Gasteiger partial charge in [0, 0.05) is 36.4 Å². The number of nitrogens with zero attached hydrogens (tertiary/aromatic N) is 4. The van der Waals surface area contributed by atoms with E-state index in [0.29, 0.717) is 54.2 Å². The Morgan fingerprint density at radius 1 is 0.814 bits per heavy atom. The lowest BCUT2D eigenvalue weighted by atomic mass is 9.96. The number of rotatable bonds is 22. The number of anilines is 2. The molecule has 0 saturated heterocycles. The van der Waals surface area contributed by atoms with Crippen LogP contribution in [-0.4, -0.2) is 115 Å². The molecule has 0 bridgehead atoms. The Balaban J connectivity index is 0.945. The van der Waals surface area contributed by atoms with E-state index >= 15 is 0 Å². The SMILES string of the molecule is COc1cc2c(cc1OCCCCCOc1cc3c(cc1OC)C(=O)N1C=C(C)C[C@H]1[C@H](O)N3C(=O)OCc1ccc(NCN[C@@H](C)C(=O)CC(=O)[C@@H](NN)C(C)C)cc1)N=C[C@@H]1CC(C)=CN1C2=O. The highest BCUT2D eigenvalue weighted by Gasteiger charge is 2.45. The maximum atomic E-state index is 14.1. The number of aliphatic hydroxyl groups is 1. The number of ketones is 2. The van der Waals surface area contributed by atoms with Crippen LogP contribution >= 0.6 is 0 Å². The predicted molar refractivity (Wildman–Crippen MR) is 262 cm³/mol. The highest BCUT2D eigenvalue weighted by molar-refractivity contribution is 6.07. The number of benzene rings is 3. The van der Waals surface area contributed by atoms with Crippen molar-refractivity contribution in [2.45, 2.75) is 110 Å². The number of methoxy groups -OCH3 is 2. The van der Waals surface area contributed by atoms with Crippen molar-refractivity contribution in [1.82, 2.24) is 20.5 Å². The summed E-state index contributed by atoms with van der Waals surface area (Å²) in [4.78, 5) is 75.5. The van der Waals surface area contributed by atoms with Gasteiger partial charge in [-0.2, -0.15) is 0 Å². The number of ether oxygens (including phenoxy) is 5. The number of hydrazine groups is 1. The zero-order valence-electron chi connectivity index (χ0n) is 40.8. The lowest BCUT2D eigenvalue weighted by Gasteiger charge is -2.31. The van der Waals surface area contributed by atoms with E-state index in [9.17, 15) is 29.1 Å². The first kappa shape index (κ1) is 51.1. The van der Waals surface area contributed by atoms with Gasteiger partial charge in [-0.15, -0.1) is 0 Å². The minimum atomic E-state index is -1.46. The van der Waals surface area contributed by atoms with Crippen molar-refractivity contribution in [3.63, 3.8) is 0 Å². The molecule has 3 amide bonds. The van der Waals surface area contributed by atoms with E-state index in [-0.39, 0.29) is 78.5 Å². The molecule has 0 spiro atoms. The number of hydrogen-bond donors (Lipinski definition) is 5. The van der Waals surface area contributed by atoms with Crippen LogP contribution in [-0.2, 0) is 20.9 Å². The number of Topliss-reactive ketones (excluding diaryl/α,β-unsaturated/α-hetero) is 2. The molecule has 3 aromatic carbocycles. The van der Waals surface area contributed by atoms with E-state index < -0.39 is 36.4 Å². The number of carbonyl (C=O) groups excluding carboxylic acids is 5. The Kier molecular flexibility index (Phi) is 16.6. The molecular weight excluding hydrogens is 901 g/mol. The number of carbonyl (C=O) groups is 5. The van der Waals surface area contributed by atoms with Gasteiger partial charge in [0.05, 0.1) is 87.2 Å². The van der Waals surface area contributed by atoms with Gasteiger partial charge in [-0.3, -0.25) is 35.3 Å². The van der Waals surface area contributed by atoms with Gasteiger partial charge < -0.3 is 43.9 Å². The highest BCUT2D eigenvalue weighted by Crippen LogP contribution is 2.43. The fraction of sp³-hybridized carbons (Fsp3) is 0.451. The van der Waals surface area contributed by atoms with Crippen LogP contribution in [0.3, 0.4) is 0 Å². The number of nitrogens with one attached hydrogen (secondary N) is 3. The van der Waals surface area contributed by atoms with E-state index in [2.05, 4.69) is 21.1 Å². The summed E-state index contributed by atoms with van der Waals surface area (Å²) in [6.45, 7) is 9.98. The Labute approximate surface area is 407 Å². The number of nitrogens with two attached hydrogens (primary N) is 1. The summed E-state index contributed by atoms with van der Waals surface area (Å²) in [7, 11) is 2.99. The van der Waals surface area contributed by atoms with Crippen LogP contribution < -0.4 is 45.7 Å². The van der Waals surface area contributed by atoms with E-state index in [1.165, 1.54) is 31.3 Å². The number of amides is 3. The summed E-state index contributed by atoms with van der Waals surface area (Å²) in [5.41, 5.74) is 7.06. The Hall–Kier alpha value is -6.80. The molecule has 5 atom stereocenters. The van der Waals surface area contributed by atoms with Crippen molar-refractivity contribution in [2.24, 2.45) is 16.8 Å². The van der Waals surface area contributed by atoms with Gasteiger partial charge in [-0.1, -0.05) is 37.1 Å². The number of aliphatic hydroxyl groups excluding tert-OH is 1. The van der Waals surface area contributed by atoms with Crippen molar-refractivity contribution in [3.05, 3.63) is 88.8 Å². The van der Waals surface area contributed by atoms with E-state index in [4.69, 9.17) is 29.5 Å². The first-order valence-corrected chi connectivity index (χ1v) is 23.6. The number of hydrogen-bond acceptors (Lipinski definition) is 16. The Bertz CT molecular complexity index is 2540. The molecule has 7 rings (SSSR count).